The summed E-state index contributed by atoms with van der Waals surface area (Å²) in [5, 5.41) is 3.99. The zero-order valence-corrected chi connectivity index (χ0v) is 12.9. The molecule has 5 heteroatoms. The van der Waals surface area contributed by atoms with E-state index in [-0.39, 0.29) is 5.91 Å². The molecule has 0 fully saturated rings. The fraction of sp³-hybridized carbons (Fsp3) is 0.0714. The molecule has 2 aromatic carbocycles. The Hall–Kier alpha value is -1.03. The van der Waals surface area contributed by atoms with Gasteiger partial charge in [0.15, 0.2) is 0 Å². The lowest BCUT2D eigenvalue weighted by Gasteiger charge is -2.06. The number of nitrogens with one attached hydrogen (secondary N) is 1. The summed E-state index contributed by atoms with van der Waals surface area (Å²) in [5.41, 5.74) is 1.46. The normalized spacial score (nSPS) is 10.3. The van der Waals surface area contributed by atoms with Gasteiger partial charge in [0.05, 0.1) is 0 Å². The van der Waals surface area contributed by atoms with Crippen LogP contribution in [0.15, 0.2) is 46.9 Å². The molecule has 1 N–H and O–H groups in total. The van der Waals surface area contributed by atoms with E-state index in [0.29, 0.717) is 22.2 Å². The standard InChI is InChI=1S/C14H10BrCl2NO/c15-11-5-10(6-13(17)7-11)14(19)18-8-9-2-1-3-12(16)4-9/h1-7H,8H2,(H,18,19). The summed E-state index contributed by atoms with van der Waals surface area (Å²) < 4.78 is 0.771. The fourth-order valence-corrected chi connectivity index (χ4v) is 2.69. The highest BCUT2D eigenvalue weighted by atomic mass is 79.9. The van der Waals surface area contributed by atoms with Gasteiger partial charge < -0.3 is 5.32 Å². The molecule has 0 aromatic heterocycles. The van der Waals surface area contributed by atoms with Crippen LogP contribution < -0.4 is 5.32 Å². The maximum atomic E-state index is 12.0. The van der Waals surface area contributed by atoms with E-state index in [1.165, 1.54) is 0 Å². The first-order valence-electron chi connectivity index (χ1n) is 5.53. The predicted octanol–water partition coefficient (Wildman–Crippen LogP) is 4.69. The molecule has 2 nitrogen and oxygen atoms in total. The molecule has 0 atom stereocenters. The van der Waals surface area contributed by atoms with Crippen molar-refractivity contribution in [3.63, 3.8) is 0 Å². The Morgan fingerprint density at radius 3 is 2.58 bits per heavy atom. The summed E-state index contributed by atoms with van der Waals surface area (Å²) in [6.07, 6.45) is 0. The van der Waals surface area contributed by atoms with Crippen LogP contribution in [0.3, 0.4) is 0 Å². The zero-order chi connectivity index (χ0) is 13.8. The largest absolute Gasteiger partial charge is 0.348 e. The third-order valence-electron chi connectivity index (χ3n) is 2.47. The highest BCUT2D eigenvalue weighted by Crippen LogP contribution is 2.19. The van der Waals surface area contributed by atoms with Crippen molar-refractivity contribution in [3.05, 3.63) is 68.1 Å². The Morgan fingerprint density at radius 2 is 1.89 bits per heavy atom. The molecule has 0 aliphatic carbocycles. The van der Waals surface area contributed by atoms with Crippen LogP contribution in [-0.4, -0.2) is 5.91 Å². The minimum atomic E-state index is -0.178. The van der Waals surface area contributed by atoms with Crippen molar-refractivity contribution in [3.8, 4) is 0 Å². The van der Waals surface area contributed by atoms with E-state index in [1.807, 2.05) is 18.2 Å². The number of amides is 1. The molecule has 0 saturated heterocycles. The number of hydrogen-bond acceptors (Lipinski definition) is 1. The molecule has 0 bridgehead atoms. The highest BCUT2D eigenvalue weighted by molar-refractivity contribution is 9.10. The lowest BCUT2D eigenvalue weighted by molar-refractivity contribution is 0.0951. The van der Waals surface area contributed by atoms with E-state index in [1.54, 1.807) is 24.3 Å². The molecular weight excluding hydrogens is 349 g/mol. The summed E-state index contributed by atoms with van der Waals surface area (Å²) in [6, 6.07) is 12.4. The number of halogens is 3. The van der Waals surface area contributed by atoms with Crippen molar-refractivity contribution in [2.24, 2.45) is 0 Å². The van der Waals surface area contributed by atoms with E-state index in [4.69, 9.17) is 23.2 Å². The molecule has 0 aliphatic rings. The number of hydrogen-bond donors (Lipinski definition) is 1. The highest BCUT2D eigenvalue weighted by Gasteiger charge is 2.07. The van der Waals surface area contributed by atoms with E-state index in [9.17, 15) is 4.79 Å². The SMILES string of the molecule is O=C(NCc1cccc(Cl)c1)c1cc(Cl)cc(Br)c1. The van der Waals surface area contributed by atoms with Crippen LogP contribution in [0.2, 0.25) is 10.0 Å². The minimum absolute atomic E-state index is 0.178. The average molecular weight is 359 g/mol. The molecule has 0 heterocycles. The molecule has 1 amide bonds. The summed E-state index contributed by atoms with van der Waals surface area (Å²) in [7, 11) is 0. The van der Waals surface area contributed by atoms with Crippen molar-refractivity contribution < 1.29 is 4.79 Å². The van der Waals surface area contributed by atoms with Crippen LogP contribution in [0.4, 0.5) is 0 Å². The third kappa shape index (κ3) is 4.23. The Morgan fingerprint density at radius 1 is 1.11 bits per heavy atom. The summed E-state index contributed by atoms with van der Waals surface area (Å²) in [6.45, 7) is 0.420. The zero-order valence-electron chi connectivity index (χ0n) is 9.79. The molecule has 0 saturated carbocycles. The Kier molecular flexibility index (Phi) is 4.86. The van der Waals surface area contributed by atoms with Crippen LogP contribution in [0.1, 0.15) is 15.9 Å². The van der Waals surface area contributed by atoms with Crippen LogP contribution in [0.25, 0.3) is 0 Å². The molecule has 19 heavy (non-hydrogen) atoms. The monoisotopic (exact) mass is 357 g/mol. The smallest absolute Gasteiger partial charge is 0.251 e. The molecule has 0 unspecified atom stereocenters. The topological polar surface area (TPSA) is 29.1 Å². The van der Waals surface area contributed by atoms with Gasteiger partial charge in [0.2, 0.25) is 0 Å². The van der Waals surface area contributed by atoms with Gasteiger partial charge >= 0.3 is 0 Å². The molecule has 2 rings (SSSR count). The number of carbonyl (C=O) groups is 1. The third-order valence-corrected chi connectivity index (χ3v) is 3.38. The predicted molar refractivity (Wildman–Crippen MR) is 81.8 cm³/mol. The van der Waals surface area contributed by atoms with Crippen molar-refractivity contribution in [1.29, 1.82) is 0 Å². The second kappa shape index (κ2) is 6.42. The molecule has 2 aromatic rings. The first-order valence-corrected chi connectivity index (χ1v) is 7.08. The average Bonchev–Trinajstić information content (AvgIpc) is 2.35. The first kappa shape index (κ1) is 14.4. The number of rotatable bonds is 3. The van der Waals surface area contributed by atoms with Crippen LogP contribution in [0.5, 0.6) is 0 Å². The van der Waals surface area contributed by atoms with Gasteiger partial charge in [0, 0.05) is 26.6 Å². The van der Waals surface area contributed by atoms with Crippen molar-refractivity contribution >= 4 is 45.0 Å². The van der Waals surface area contributed by atoms with Crippen molar-refractivity contribution in [1.82, 2.24) is 5.32 Å². The van der Waals surface area contributed by atoms with Gasteiger partial charge in [-0.3, -0.25) is 4.79 Å². The van der Waals surface area contributed by atoms with Gasteiger partial charge in [0.1, 0.15) is 0 Å². The van der Waals surface area contributed by atoms with Gasteiger partial charge in [0.25, 0.3) is 5.91 Å². The Balaban J connectivity index is 2.05. The van der Waals surface area contributed by atoms with E-state index in [2.05, 4.69) is 21.2 Å². The van der Waals surface area contributed by atoms with Gasteiger partial charge in [-0.15, -0.1) is 0 Å². The van der Waals surface area contributed by atoms with E-state index < -0.39 is 0 Å². The number of carbonyl (C=O) groups excluding carboxylic acids is 1. The first-order chi connectivity index (χ1) is 9.04. The maximum Gasteiger partial charge on any atom is 0.251 e. The van der Waals surface area contributed by atoms with E-state index >= 15 is 0 Å². The van der Waals surface area contributed by atoms with Gasteiger partial charge in [-0.25, -0.2) is 0 Å². The Labute approximate surface area is 129 Å². The molecule has 0 radical (unpaired) electrons. The van der Waals surface area contributed by atoms with Gasteiger partial charge in [-0.2, -0.15) is 0 Å². The van der Waals surface area contributed by atoms with Gasteiger partial charge in [-0.05, 0) is 35.9 Å². The van der Waals surface area contributed by atoms with Crippen molar-refractivity contribution in [2.75, 3.05) is 0 Å². The lowest BCUT2D eigenvalue weighted by atomic mass is 10.2. The quantitative estimate of drug-likeness (QED) is 0.847. The molecule has 0 spiro atoms. The second-order valence-corrected chi connectivity index (χ2v) is 5.76. The minimum Gasteiger partial charge on any atom is -0.348 e. The van der Waals surface area contributed by atoms with Gasteiger partial charge in [-0.1, -0.05) is 51.3 Å². The summed E-state index contributed by atoms with van der Waals surface area (Å²) >= 11 is 15.1. The fourth-order valence-electron chi connectivity index (χ4n) is 1.62. The number of benzene rings is 2. The van der Waals surface area contributed by atoms with Crippen LogP contribution in [-0.2, 0) is 6.54 Å². The summed E-state index contributed by atoms with van der Waals surface area (Å²) in [5.74, 6) is -0.178. The second-order valence-electron chi connectivity index (χ2n) is 3.97. The lowest BCUT2D eigenvalue weighted by Crippen LogP contribution is -2.22. The molecule has 0 aliphatic heterocycles. The van der Waals surface area contributed by atoms with Crippen LogP contribution >= 0.6 is 39.1 Å². The maximum absolute atomic E-state index is 12.0. The van der Waals surface area contributed by atoms with Crippen LogP contribution in [0, 0.1) is 0 Å². The van der Waals surface area contributed by atoms with Crippen molar-refractivity contribution in [2.45, 2.75) is 6.54 Å². The summed E-state index contributed by atoms with van der Waals surface area (Å²) in [4.78, 5) is 12.0. The molecular formula is C14H10BrCl2NO. The Bertz CT molecular complexity index is 596. The van der Waals surface area contributed by atoms with E-state index in [0.717, 1.165) is 10.0 Å². The molecule has 98 valence electrons.